The highest BCUT2D eigenvalue weighted by molar-refractivity contribution is 9.10. The molecule has 0 spiro atoms. The SMILES string of the molecule is CCN1CCOC(C(Cc2ccc(Br)cn2)NC)C1. The van der Waals surface area contributed by atoms with E-state index < -0.39 is 0 Å². The Balaban J connectivity index is 1.97. The fraction of sp³-hybridized carbons (Fsp3) is 0.643. The summed E-state index contributed by atoms with van der Waals surface area (Å²) in [6.07, 6.45) is 2.98. The van der Waals surface area contributed by atoms with Gasteiger partial charge < -0.3 is 10.1 Å². The average molecular weight is 328 g/mol. The van der Waals surface area contributed by atoms with E-state index in [2.05, 4.69) is 44.1 Å². The van der Waals surface area contributed by atoms with Crippen LogP contribution < -0.4 is 5.32 Å². The molecule has 0 bridgehead atoms. The Morgan fingerprint density at radius 3 is 3.05 bits per heavy atom. The lowest BCUT2D eigenvalue weighted by atomic mass is 10.0. The zero-order chi connectivity index (χ0) is 13.7. The second-order valence-corrected chi connectivity index (χ2v) is 5.79. The zero-order valence-corrected chi connectivity index (χ0v) is 13.2. The van der Waals surface area contributed by atoms with Gasteiger partial charge in [-0.25, -0.2) is 0 Å². The number of ether oxygens (including phenoxy) is 1. The molecule has 2 rings (SSSR count). The molecule has 2 atom stereocenters. The normalized spacial score (nSPS) is 22.4. The topological polar surface area (TPSA) is 37.4 Å². The number of hydrogen-bond acceptors (Lipinski definition) is 4. The maximum atomic E-state index is 5.92. The Labute approximate surface area is 123 Å². The number of nitrogens with one attached hydrogen (secondary N) is 1. The molecule has 106 valence electrons. The van der Waals surface area contributed by atoms with E-state index in [1.54, 1.807) is 0 Å². The summed E-state index contributed by atoms with van der Waals surface area (Å²) in [5.74, 6) is 0. The lowest BCUT2D eigenvalue weighted by molar-refractivity contribution is -0.0437. The second kappa shape index (κ2) is 7.33. The highest BCUT2D eigenvalue weighted by Gasteiger charge is 2.26. The highest BCUT2D eigenvalue weighted by atomic mass is 79.9. The third kappa shape index (κ3) is 4.24. The quantitative estimate of drug-likeness (QED) is 0.893. The Morgan fingerprint density at radius 2 is 2.42 bits per heavy atom. The first-order valence-electron chi connectivity index (χ1n) is 6.84. The van der Waals surface area contributed by atoms with Crippen molar-refractivity contribution < 1.29 is 4.74 Å². The minimum absolute atomic E-state index is 0.240. The van der Waals surface area contributed by atoms with Crippen LogP contribution in [0.2, 0.25) is 0 Å². The predicted molar refractivity (Wildman–Crippen MR) is 80.3 cm³/mol. The molecule has 2 unspecified atom stereocenters. The van der Waals surface area contributed by atoms with E-state index in [-0.39, 0.29) is 6.10 Å². The van der Waals surface area contributed by atoms with Crippen molar-refractivity contribution in [1.82, 2.24) is 15.2 Å². The molecule has 2 heterocycles. The van der Waals surface area contributed by atoms with Gasteiger partial charge in [0.1, 0.15) is 0 Å². The van der Waals surface area contributed by atoms with E-state index in [1.807, 2.05) is 19.3 Å². The van der Waals surface area contributed by atoms with Gasteiger partial charge in [0.15, 0.2) is 0 Å². The number of likely N-dealkylation sites (N-methyl/N-ethyl adjacent to an activating group) is 2. The molecule has 1 aliphatic rings. The molecule has 0 aromatic carbocycles. The third-order valence-corrected chi connectivity index (χ3v) is 4.13. The smallest absolute Gasteiger partial charge is 0.0858 e. The number of hydrogen-bond donors (Lipinski definition) is 1. The molecule has 19 heavy (non-hydrogen) atoms. The van der Waals surface area contributed by atoms with E-state index in [4.69, 9.17) is 4.74 Å². The third-order valence-electron chi connectivity index (χ3n) is 3.66. The van der Waals surface area contributed by atoms with Gasteiger partial charge in [-0.05, 0) is 41.7 Å². The molecular formula is C14H22BrN3O. The summed E-state index contributed by atoms with van der Waals surface area (Å²) in [5, 5.41) is 3.38. The van der Waals surface area contributed by atoms with Crippen molar-refractivity contribution in [2.45, 2.75) is 25.5 Å². The summed E-state index contributed by atoms with van der Waals surface area (Å²) >= 11 is 3.41. The monoisotopic (exact) mass is 327 g/mol. The molecule has 0 aliphatic carbocycles. The van der Waals surface area contributed by atoms with Gasteiger partial charge in [-0.2, -0.15) is 0 Å². The number of morpholine rings is 1. The number of rotatable bonds is 5. The van der Waals surface area contributed by atoms with Gasteiger partial charge in [-0.15, -0.1) is 0 Å². The molecule has 1 saturated heterocycles. The van der Waals surface area contributed by atoms with Crippen LogP contribution in [0.25, 0.3) is 0 Å². The lowest BCUT2D eigenvalue weighted by Gasteiger charge is -2.36. The molecule has 0 saturated carbocycles. The maximum Gasteiger partial charge on any atom is 0.0858 e. The molecule has 0 radical (unpaired) electrons. The Hall–Kier alpha value is -0.490. The maximum absolute atomic E-state index is 5.92. The molecule has 5 heteroatoms. The van der Waals surface area contributed by atoms with Gasteiger partial charge in [0, 0.05) is 41.9 Å². The molecular weight excluding hydrogens is 306 g/mol. The van der Waals surface area contributed by atoms with E-state index in [1.165, 1.54) is 0 Å². The fourth-order valence-electron chi connectivity index (χ4n) is 2.43. The van der Waals surface area contributed by atoms with E-state index >= 15 is 0 Å². The van der Waals surface area contributed by atoms with Gasteiger partial charge in [-0.1, -0.05) is 6.92 Å². The Morgan fingerprint density at radius 1 is 1.58 bits per heavy atom. The number of halogens is 1. The highest BCUT2D eigenvalue weighted by Crippen LogP contribution is 2.14. The summed E-state index contributed by atoms with van der Waals surface area (Å²) in [4.78, 5) is 6.88. The van der Waals surface area contributed by atoms with Crippen molar-refractivity contribution >= 4 is 15.9 Å². The van der Waals surface area contributed by atoms with Crippen LogP contribution in [0.4, 0.5) is 0 Å². The molecule has 1 fully saturated rings. The van der Waals surface area contributed by atoms with Crippen LogP contribution in [0.1, 0.15) is 12.6 Å². The zero-order valence-electron chi connectivity index (χ0n) is 11.6. The minimum atomic E-state index is 0.240. The first kappa shape index (κ1) is 14.9. The van der Waals surface area contributed by atoms with Crippen molar-refractivity contribution in [1.29, 1.82) is 0 Å². The molecule has 1 N–H and O–H groups in total. The standard InChI is InChI=1S/C14H22BrN3O/c1-3-18-6-7-19-14(10-18)13(16-2)8-12-5-4-11(15)9-17-12/h4-5,9,13-14,16H,3,6-8,10H2,1-2H3. The molecule has 1 aromatic rings. The summed E-state index contributed by atoms with van der Waals surface area (Å²) in [7, 11) is 2.00. The number of nitrogens with zero attached hydrogens (tertiary/aromatic N) is 2. The largest absolute Gasteiger partial charge is 0.374 e. The minimum Gasteiger partial charge on any atom is -0.374 e. The van der Waals surface area contributed by atoms with Crippen LogP contribution in [-0.2, 0) is 11.2 Å². The van der Waals surface area contributed by atoms with E-state index in [0.29, 0.717) is 6.04 Å². The van der Waals surface area contributed by atoms with E-state index in [0.717, 1.165) is 42.8 Å². The predicted octanol–water partition coefficient (Wildman–Crippen LogP) is 1.70. The summed E-state index contributed by atoms with van der Waals surface area (Å²) in [5.41, 5.74) is 1.10. The lowest BCUT2D eigenvalue weighted by Crippen LogP contribution is -2.52. The average Bonchev–Trinajstić information content (AvgIpc) is 2.46. The molecule has 1 aliphatic heterocycles. The first-order chi connectivity index (χ1) is 9.22. The second-order valence-electron chi connectivity index (χ2n) is 4.87. The van der Waals surface area contributed by atoms with Gasteiger partial charge in [0.25, 0.3) is 0 Å². The van der Waals surface area contributed by atoms with Crippen molar-refractivity contribution in [2.75, 3.05) is 33.3 Å². The molecule has 1 aromatic heterocycles. The van der Waals surface area contributed by atoms with E-state index in [9.17, 15) is 0 Å². The van der Waals surface area contributed by atoms with Crippen molar-refractivity contribution in [3.05, 3.63) is 28.5 Å². The Kier molecular flexibility index (Phi) is 5.76. The van der Waals surface area contributed by atoms with Gasteiger partial charge >= 0.3 is 0 Å². The van der Waals surface area contributed by atoms with Gasteiger partial charge in [0.2, 0.25) is 0 Å². The number of pyridine rings is 1. The number of aromatic nitrogens is 1. The summed E-state index contributed by atoms with van der Waals surface area (Å²) < 4.78 is 6.93. The fourth-order valence-corrected chi connectivity index (χ4v) is 2.67. The van der Waals surface area contributed by atoms with Crippen LogP contribution in [0, 0.1) is 0 Å². The summed E-state index contributed by atoms with van der Waals surface area (Å²) in [6, 6.07) is 4.41. The Bertz CT molecular complexity index is 385. The molecule has 4 nitrogen and oxygen atoms in total. The van der Waals surface area contributed by atoms with Crippen LogP contribution in [0.5, 0.6) is 0 Å². The van der Waals surface area contributed by atoms with Crippen LogP contribution >= 0.6 is 15.9 Å². The van der Waals surface area contributed by atoms with Crippen LogP contribution in [-0.4, -0.2) is 55.3 Å². The molecule has 0 amide bonds. The van der Waals surface area contributed by atoms with Crippen LogP contribution in [0.3, 0.4) is 0 Å². The van der Waals surface area contributed by atoms with Gasteiger partial charge in [-0.3, -0.25) is 9.88 Å². The van der Waals surface area contributed by atoms with Crippen LogP contribution in [0.15, 0.2) is 22.8 Å². The van der Waals surface area contributed by atoms with Crippen molar-refractivity contribution in [3.8, 4) is 0 Å². The first-order valence-corrected chi connectivity index (χ1v) is 7.64. The van der Waals surface area contributed by atoms with Gasteiger partial charge in [0.05, 0.1) is 12.7 Å². The van der Waals surface area contributed by atoms with Crippen molar-refractivity contribution in [2.24, 2.45) is 0 Å². The van der Waals surface area contributed by atoms with Crippen molar-refractivity contribution in [3.63, 3.8) is 0 Å². The summed E-state index contributed by atoms with van der Waals surface area (Å²) in [6.45, 7) is 6.16.